The topological polar surface area (TPSA) is 40.9 Å². The molecule has 6 heteroatoms. The van der Waals surface area contributed by atoms with E-state index < -0.39 is 17.5 Å². The van der Waals surface area contributed by atoms with Gasteiger partial charge in [-0.2, -0.15) is 5.26 Å². The summed E-state index contributed by atoms with van der Waals surface area (Å²) in [6, 6.07) is 10.6. The predicted molar refractivity (Wildman–Crippen MR) is 83.2 cm³/mol. The Labute approximate surface area is 139 Å². The number of carbonyl (C=O) groups excluding carboxylic acids is 1. The van der Waals surface area contributed by atoms with Crippen molar-refractivity contribution in [2.45, 2.75) is 5.92 Å². The van der Waals surface area contributed by atoms with Gasteiger partial charge in [-0.1, -0.05) is 51.3 Å². The number of halogens is 4. The Morgan fingerprint density at radius 2 is 2.00 bits per heavy atom. The molecule has 106 valence electrons. The molecule has 0 saturated heterocycles. The van der Waals surface area contributed by atoms with Crippen LogP contribution in [0.15, 0.2) is 40.9 Å². The van der Waals surface area contributed by atoms with Gasteiger partial charge in [0.25, 0.3) is 0 Å². The van der Waals surface area contributed by atoms with Crippen LogP contribution < -0.4 is 0 Å². The molecule has 2 nitrogen and oxygen atoms in total. The molecule has 0 spiro atoms. The Bertz CT molecular complexity index is 738. The molecule has 0 heterocycles. The van der Waals surface area contributed by atoms with Crippen LogP contribution in [-0.2, 0) is 0 Å². The van der Waals surface area contributed by atoms with Crippen molar-refractivity contribution in [1.82, 2.24) is 0 Å². The molecule has 2 aromatic rings. The second-order valence-electron chi connectivity index (χ2n) is 4.23. The van der Waals surface area contributed by atoms with Crippen LogP contribution in [0.1, 0.15) is 21.8 Å². The Balaban J connectivity index is 2.49. The number of rotatable bonds is 3. The molecular weight excluding hydrogens is 380 g/mol. The van der Waals surface area contributed by atoms with E-state index in [-0.39, 0.29) is 16.1 Å². The number of nitrogens with zero attached hydrogens (tertiary/aromatic N) is 1. The summed E-state index contributed by atoms with van der Waals surface area (Å²) < 4.78 is 14.6. The van der Waals surface area contributed by atoms with E-state index in [9.17, 15) is 14.4 Å². The summed E-state index contributed by atoms with van der Waals surface area (Å²) in [6.07, 6.45) is 0. The van der Waals surface area contributed by atoms with Crippen molar-refractivity contribution in [3.8, 4) is 6.07 Å². The first kappa shape index (κ1) is 16.0. The van der Waals surface area contributed by atoms with E-state index in [2.05, 4.69) is 15.9 Å². The number of carbonyl (C=O) groups is 1. The van der Waals surface area contributed by atoms with Crippen LogP contribution in [0.25, 0.3) is 0 Å². The predicted octanol–water partition coefficient (Wildman–Crippen LogP) is 5.39. The second kappa shape index (κ2) is 6.57. The van der Waals surface area contributed by atoms with Crippen molar-refractivity contribution in [1.29, 1.82) is 5.26 Å². The molecule has 0 saturated carbocycles. The first-order valence-corrected chi connectivity index (χ1v) is 7.32. The van der Waals surface area contributed by atoms with Gasteiger partial charge in [0, 0.05) is 20.6 Å². The number of nitriles is 1. The fraction of sp³-hybridized carbons (Fsp3) is 0.0667. The van der Waals surface area contributed by atoms with Crippen LogP contribution in [-0.4, -0.2) is 5.78 Å². The lowest BCUT2D eigenvalue weighted by Crippen LogP contribution is -2.13. The van der Waals surface area contributed by atoms with Gasteiger partial charge in [0.1, 0.15) is 11.7 Å². The van der Waals surface area contributed by atoms with Crippen LogP contribution in [0.5, 0.6) is 0 Å². The number of ketones is 1. The minimum absolute atomic E-state index is 0.0499. The molecule has 21 heavy (non-hydrogen) atoms. The van der Waals surface area contributed by atoms with Gasteiger partial charge in [-0.3, -0.25) is 4.79 Å². The average Bonchev–Trinajstić information content (AvgIpc) is 2.43. The van der Waals surface area contributed by atoms with Gasteiger partial charge < -0.3 is 0 Å². The minimum atomic E-state index is -1.28. The molecule has 2 rings (SSSR count). The SMILES string of the molecule is N#CC(C(=O)c1cc(Cl)cc(Br)c1)c1cccc(Cl)c1F. The number of benzene rings is 2. The van der Waals surface area contributed by atoms with Gasteiger partial charge in [0.05, 0.1) is 11.1 Å². The quantitative estimate of drug-likeness (QED) is 0.664. The lowest BCUT2D eigenvalue weighted by atomic mass is 9.91. The Morgan fingerprint density at radius 1 is 1.29 bits per heavy atom. The summed E-state index contributed by atoms with van der Waals surface area (Å²) in [5, 5.41) is 9.45. The molecule has 0 aromatic heterocycles. The first-order valence-electron chi connectivity index (χ1n) is 5.78. The van der Waals surface area contributed by atoms with Crippen LogP contribution in [0.3, 0.4) is 0 Å². The Morgan fingerprint density at radius 3 is 2.62 bits per heavy atom. The van der Waals surface area contributed by atoms with Crippen molar-refractivity contribution in [2.75, 3.05) is 0 Å². The van der Waals surface area contributed by atoms with Crippen molar-refractivity contribution in [3.63, 3.8) is 0 Å². The molecule has 1 atom stereocenters. The monoisotopic (exact) mass is 385 g/mol. The smallest absolute Gasteiger partial charge is 0.184 e. The van der Waals surface area contributed by atoms with Crippen LogP contribution >= 0.6 is 39.1 Å². The summed E-state index contributed by atoms with van der Waals surface area (Å²) in [4.78, 5) is 12.4. The third-order valence-corrected chi connectivity index (χ3v) is 3.80. The zero-order valence-corrected chi connectivity index (χ0v) is 13.5. The zero-order chi connectivity index (χ0) is 15.6. The van der Waals surface area contributed by atoms with Crippen LogP contribution in [0.2, 0.25) is 10.0 Å². The molecule has 0 aliphatic rings. The maximum Gasteiger partial charge on any atom is 0.184 e. The van der Waals surface area contributed by atoms with E-state index in [0.717, 1.165) is 0 Å². The van der Waals surface area contributed by atoms with E-state index in [1.807, 2.05) is 6.07 Å². The molecule has 1 unspecified atom stereocenters. The maximum absolute atomic E-state index is 14.0. The molecule has 0 amide bonds. The van der Waals surface area contributed by atoms with Crippen molar-refractivity contribution in [3.05, 3.63) is 67.9 Å². The van der Waals surface area contributed by atoms with Crippen LogP contribution in [0.4, 0.5) is 4.39 Å². The van der Waals surface area contributed by atoms with Gasteiger partial charge >= 0.3 is 0 Å². The first-order chi connectivity index (χ1) is 9.93. The van der Waals surface area contributed by atoms with Gasteiger partial charge in [0.15, 0.2) is 5.78 Å². The molecule has 2 aromatic carbocycles. The zero-order valence-electron chi connectivity index (χ0n) is 10.4. The highest BCUT2D eigenvalue weighted by Crippen LogP contribution is 2.29. The Kier molecular flexibility index (Phi) is 5.00. The maximum atomic E-state index is 14.0. The highest BCUT2D eigenvalue weighted by Gasteiger charge is 2.26. The van der Waals surface area contributed by atoms with E-state index in [4.69, 9.17) is 23.2 Å². The molecular formula is C15H7BrCl2FNO. The van der Waals surface area contributed by atoms with E-state index in [1.54, 1.807) is 6.07 Å². The van der Waals surface area contributed by atoms with Crippen molar-refractivity contribution < 1.29 is 9.18 Å². The lowest BCUT2D eigenvalue weighted by molar-refractivity contribution is 0.0977. The fourth-order valence-corrected chi connectivity index (χ4v) is 2.92. The highest BCUT2D eigenvalue weighted by molar-refractivity contribution is 9.10. The van der Waals surface area contributed by atoms with E-state index >= 15 is 0 Å². The van der Waals surface area contributed by atoms with Crippen molar-refractivity contribution >= 4 is 44.9 Å². The molecule has 0 aliphatic heterocycles. The molecule has 0 N–H and O–H groups in total. The molecule has 0 aliphatic carbocycles. The third-order valence-electron chi connectivity index (χ3n) is 2.83. The lowest BCUT2D eigenvalue weighted by Gasteiger charge is -2.11. The third kappa shape index (κ3) is 3.44. The van der Waals surface area contributed by atoms with Gasteiger partial charge in [-0.05, 0) is 24.3 Å². The summed E-state index contributed by atoms with van der Waals surface area (Å²) in [6.45, 7) is 0. The summed E-state index contributed by atoms with van der Waals surface area (Å²) in [7, 11) is 0. The van der Waals surface area contributed by atoms with Gasteiger partial charge in [-0.15, -0.1) is 0 Å². The van der Waals surface area contributed by atoms with Crippen molar-refractivity contribution in [2.24, 2.45) is 0 Å². The highest BCUT2D eigenvalue weighted by atomic mass is 79.9. The summed E-state index contributed by atoms with van der Waals surface area (Å²) in [5.41, 5.74) is 0.173. The number of hydrogen-bond acceptors (Lipinski definition) is 2. The minimum Gasteiger partial charge on any atom is -0.292 e. The van der Waals surface area contributed by atoms with E-state index in [1.165, 1.54) is 30.3 Å². The molecule has 0 fully saturated rings. The largest absolute Gasteiger partial charge is 0.292 e. The average molecular weight is 387 g/mol. The molecule has 0 radical (unpaired) electrons. The fourth-order valence-electron chi connectivity index (χ4n) is 1.88. The van der Waals surface area contributed by atoms with E-state index in [0.29, 0.717) is 9.50 Å². The van der Waals surface area contributed by atoms with Gasteiger partial charge in [-0.25, -0.2) is 4.39 Å². The Hall–Kier alpha value is -1.41. The second-order valence-corrected chi connectivity index (χ2v) is 5.99. The van der Waals surface area contributed by atoms with Gasteiger partial charge in [0.2, 0.25) is 0 Å². The summed E-state index contributed by atoms with van der Waals surface area (Å²) in [5.74, 6) is -2.59. The summed E-state index contributed by atoms with van der Waals surface area (Å²) >= 11 is 14.8. The number of Topliss-reactive ketones (excluding diaryl/α,β-unsaturated/α-hetero) is 1. The molecule has 0 bridgehead atoms. The normalized spacial score (nSPS) is 11.8. The number of hydrogen-bond donors (Lipinski definition) is 0. The van der Waals surface area contributed by atoms with Crippen LogP contribution in [0, 0.1) is 17.1 Å². The standard InChI is InChI=1S/C15H7BrCl2FNO/c16-9-4-8(5-10(17)6-9)15(21)12(7-20)11-2-1-3-13(18)14(11)19/h1-6,12H.